The Balaban J connectivity index is 3.43. The van der Waals surface area contributed by atoms with E-state index in [1.807, 2.05) is 0 Å². The van der Waals surface area contributed by atoms with Crippen LogP contribution in [0.5, 0.6) is 0 Å². The Labute approximate surface area is 59.2 Å². The zero-order chi connectivity index (χ0) is 7.98. The molecule has 10 heavy (non-hydrogen) atoms. The molecule has 0 aromatic heterocycles. The highest BCUT2D eigenvalue weighted by molar-refractivity contribution is 5.64. The smallest absolute Gasteiger partial charge is 0.404 e. The van der Waals surface area contributed by atoms with Gasteiger partial charge < -0.3 is 15.5 Å². The molecule has 0 atom stereocenters. The van der Waals surface area contributed by atoms with Crippen LogP contribution in [0.4, 0.5) is 4.79 Å². The maximum atomic E-state index is 9.87. The zero-order valence-electron chi connectivity index (χ0n) is 5.79. The van der Waals surface area contributed by atoms with Gasteiger partial charge >= 0.3 is 6.09 Å². The maximum absolute atomic E-state index is 9.87. The molecule has 0 aliphatic rings. The quantitative estimate of drug-likeness (QED) is 0.496. The van der Waals surface area contributed by atoms with Gasteiger partial charge in [0.15, 0.2) is 0 Å². The second-order valence-electron chi connectivity index (χ2n) is 1.89. The number of aliphatic hydroxyl groups is 1. The normalized spacial score (nSPS) is 11.2. The van der Waals surface area contributed by atoms with Gasteiger partial charge in [0, 0.05) is 6.54 Å². The summed E-state index contributed by atoms with van der Waals surface area (Å²) in [4.78, 5) is 9.87. The number of rotatable bonds is 3. The lowest BCUT2D eigenvalue weighted by Gasteiger charge is -1.95. The minimum Gasteiger partial charge on any atom is -0.465 e. The minimum atomic E-state index is -1.05. The van der Waals surface area contributed by atoms with Crippen molar-refractivity contribution in [2.24, 2.45) is 0 Å². The van der Waals surface area contributed by atoms with Gasteiger partial charge in [-0.15, -0.1) is 0 Å². The largest absolute Gasteiger partial charge is 0.465 e. The molecule has 0 aliphatic heterocycles. The summed E-state index contributed by atoms with van der Waals surface area (Å²) in [6, 6.07) is 0. The molecule has 3 N–H and O–H groups in total. The van der Waals surface area contributed by atoms with Gasteiger partial charge in [-0.25, -0.2) is 4.79 Å². The van der Waals surface area contributed by atoms with Crippen LogP contribution in [0, 0.1) is 0 Å². The number of nitrogens with one attached hydrogen (secondary N) is 1. The van der Waals surface area contributed by atoms with Crippen molar-refractivity contribution < 1.29 is 15.0 Å². The van der Waals surface area contributed by atoms with Crippen LogP contribution in [-0.4, -0.2) is 29.5 Å². The second-order valence-corrected chi connectivity index (χ2v) is 1.89. The Kier molecular flexibility index (Phi) is 4.32. The summed E-state index contributed by atoms with van der Waals surface area (Å²) >= 11 is 0. The summed E-state index contributed by atoms with van der Waals surface area (Å²) in [5.74, 6) is 0. The van der Waals surface area contributed by atoms with Gasteiger partial charge in [-0.1, -0.05) is 11.6 Å². The van der Waals surface area contributed by atoms with Crippen molar-refractivity contribution >= 4 is 6.09 Å². The van der Waals surface area contributed by atoms with Crippen molar-refractivity contribution in [1.29, 1.82) is 0 Å². The minimum absolute atomic E-state index is 0.0265. The molecule has 0 radical (unpaired) electrons. The number of hydrogen-bond acceptors (Lipinski definition) is 2. The Morgan fingerprint density at radius 1 is 1.70 bits per heavy atom. The predicted octanol–water partition coefficient (Wildman–Crippen LogP) is 0.193. The van der Waals surface area contributed by atoms with Crippen LogP contribution < -0.4 is 5.32 Å². The second kappa shape index (κ2) is 4.81. The van der Waals surface area contributed by atoms with E-state index >= 15 is 0 Å². The SMILES string of the molecule is CC(=CCNC(=O)O)CO. The van der Waals surface area contributed by atoms with Gasteiger partial charge in [-0.05, 0) is 6.92 Å². The Morgan fingerprint density at radius 3 is 2.70 bits per heavy atom. The first-order valence-corrected chi connectivity index (χ1v) is 2.90. The van der Waals surface area contributed by atoms with E-state index in [4.69, 9.17) is 10.2 Å². The van der Waals surface area contributed by atoms with Gasteiger partial charge in [-0.2, -0.15) is 0 Å². The molecule has 0 aliphatic carbocycles. The molecule has 0 unspecified atom stereocenters. The van der Waals surface area contributed by atoms with Crippen molar-refractivity contribution in [1.82, 2.24) is 5.32 Å². The van der Waals surface area contributed by atoms with Crippen molar-refractivity contribution in [3.05, 3.63) is 11.6 Å². The number of hydrogen-bond donors (Lipinski definition) is 3. The highest BCUT2D eigenvalue weighted by Gasteiger charge is 1.89. The van der Waals surface area contributed by atoms with Crippen LogP contribution in [0.3, 0.4) is 0 Å². The van der Waals surface area contributed by atoms with E-state index in [-0.39, 0.29) is 13.2 Å². The molecule has 0 rings (SSSR count). The predicted molar refractivity (Wildman–Crippen MR) is 36.9 cm³/mol. The molecular weight excluding hydrogens is 134 g/mol. The Bertz CT molecular complexity index is 142. The van der Waals surface area contributed by atoms with Crippen LogP contribution >= 0.6 is 0 Å². The number of aliphatic hydroxyl groups excluding tert-OH is 1. The molecule has 1 amide bonds. The Hall–Kier alpha value is -1.03. The number of carbonyl (C=O) groups is 1. The van der Waals surface area contributed by atoms with Crippen molar-refractivity contribution in [3.63, 3.8) is 0 Å². The van der Waals surface area contributed by atoms with Crippen LogP contribution in [-0.2, 0) is 0 Å². The topological polar surface area (TPSA) is 69.6 Å². The summed E-state index contributed by atoms with van der Waals surface area (Å²) in [5.41, 5.74) is 0.758. The van der Waals surface area contributed by atoms with Gasteiger partial charge in [0.05, 0.1) is 6.61 Å². The standard InChI is InChI=1S/C6H11NO3/c1-5(4-8)2-3-7-6(9)10/h2,7-8H,3-4H2,1H3,(H,9,10). The van der Waals surface area contributed by atoms with E-state index in [0.29, 0.717) is 0 Å². The zero-order valence-corrected chi connectivity index (χ0v) is 5.79. The summed E-state index contributed by atoms with van der Waals surface area (Å²) in [6.45, 7) is 1.95. The van der Waals surface area contributed by atoms with Gasteiger partial charge in [0.25, 0.3) is 0 Å². The third-order valence-electron chi connectivity index (χ3n) is 0.953. The summed E-state index contributed by atoms with van der Waals surface area (Å²) in [5, 5.41) is 18.7. The van der Waals surface area contributed by atoms with E-state index in [9.17, 15) is 4.79 Å². The van der Waals surface area contributed by atoms with Crippen molar-refractivity contribution in [2.45, 2.75) is 6.92 Å². The molecule has 4 heteroatoms. The summed E-state index contributed by atoms with van der Waals surface area (Å²) in [6.07, 6.45) is 0.565. The van der Waals surface area contributed by atoms with Crippen LogP contribution in [0.1, 0.15) is 6.92 Å². The number of carboxylic acid groups (broad SMARTS) is 1. The lowest BCUT2D eigenvalue weighted by Crippen LogP contribution is -2.20. The van der Waals surface area contributed by atoms with Crippen LogP contribution in [0.15, 0.2) is 11.6 Å². The number of amides is 1. The van der Waals surface area contributed by atoms with Crippen LogP contribution in [0.2, 0.25) is 0 Å². The van der Waals surface area contributed by atoms with Crippen LogP contribution in [0.25, 0.3) is 0 Å². The molecule has 58 valence electrons. The summed E-state index contributed by atoms with van der Waals surface area (Å²) < 4.78 is 0. The lowest BCUT2D eigenvalue weighted by atomic mass is 10.3. The molecule has 0 heterocycles. The molecule has 4 nitrogen and oxygen atoms in total. The maximum Gasteiger partial charge on any atom is 0.404 e. The van der Waals surface area contributed by atoms with Crippen molar-refractivity contribution in [2.75, 3.05) is 13.2 Å². The van der Waals surface area contributed by atoms with E-state index in [2.05, 4.69) is 5.32 Å². The first-order valence-electron chi connectivity index (χ1n) is 2.90. The molecule has 0 saturated heterocycles. The molecular formula is C6H11NO3. The van der Waals surface area contributed by atoms with Gasteiger partial charge in [0.2, 0.25) is 0 Å². The highest BCUT2D eigenvalue weighted by atomic mass is 16.4. The fourth-order valence-electron chi connectivity index (χ4n) is 0.377. The fourth-order valence-corrected chi connectivity index (χ4v) is 0.377. The fraction of sp³-hybridized carbons (Fsp3) is 0.500. The van der Waals surface area contributed by atoms with E-state index in [1.165, 1.54) is 0 Å². The van der Waals surface area contributed by atoms with E-state index < -0.39 is 6.09 Å². The summed E-state index contributed by atoms with van der Waals surface area (Å²) in [7, 11) is 0. The van der Waals surface area contributed by atoms with Gasteiger partial charge in [-0.3, -0.25) is 0 Å². The average Bonchev–Trinajstić information content (AvgIpc) is 1.87. The first-order chi connectivity index (χ1) is 4.66. The van der Waals surface area contributed by atoms with Crippen molar-refractivity contribution in [3.8, 4) is 0 Å². The molecule has 0 fully saturated rings. The highest BCUT2D eigenvalue weighted by Crippen LogP contribution is 1.86. The molecule has 0 saturated carbocycles. The average molecular weight is 145 g/mol. The molecule has 0 spiro atoms. The van der Waals surface area contributed by atoms with E-state index in [0.717, 1.165) is 5.57 Å². The molecule has 0 aromatic carbocycles. The first kappa shape index (κ1) is 8.97. The lowest BCUT2D eigenvalue weighted by molar-refractivity contribution is 0.195. The monoisotopic (exact) mass is 145 g/mol. The Morgan fingerprint density at radius 2 is 2.30 bits per heavy atom. The molecule has 0 bridgehead atoms. The van der Waals surface area contributed by atoms with E-state index in [1.54, 1.807) is 13.0 Å². The van der Waals surface area contributed by atoms with Gasteiger partial charge in [0.1, 0.15) is 0 Å². The third kappa shape index (κ3) is 5.11. The third-order valence-corrected chi connectivity index (χ3v) is 0.953. The molecule has 0 aromatic rings.